The molecule has 0 fully saturated rings. The lowest BCUT2D eigenvalue weighted by Gasteiger charge is -2.21. The van der Waals surface area contributed by atoms with E-state index in [1.165, 1.54) is 32.3 Å². The molecule has 0 saturated carbocycles. The molecule has 0 radical (unpaired) electrons. The van der Waals surface area contributed by atoms with Crippen LogP contribution >= 0.6 is 11.3 Å². The molecule has 1 aromatic carbocycles. The van der Waals surface area contributed by atoms with Crippen molar-refractivity contribution in [3.63, 3.8) is 0 Å². The molecule has 0 bridgehead atoms. The fourth-order valence-electron chi connectivity index (χ4n) is 2.70. The maximum absolute atomic E-state index is 4.70. The van der Waals surface area contributed by atoms with Gasteiger partial charge in [0, 0.05) is 17.3 Å². The van der Waals surface area contributed by atoms with Gasteiger partial charge in [0.1, 0.15) is 0 Å². The summed E-state index contributed by atoms with van der Waals surface area (Å²) in [4.78, 5) is 6.03. The average molecular weight is 288 g/mol. The summed E-state index contributed by atoms with van der Waals surface area (Å²) in [6.45, 7) is 11.8. The number of hydrogen-bond acceptors (Lipinski definition) is 3. The van der Waals surface area contributed by atoms with E-state index >= 15 is 0 Å². The summed E-state index contributed by atoms with van der Waals surface area (Å²) in [5, 5.41) is 4.85. The van der Waals surface area contributed by atoms with Crippen molar-refractivity contribution in [2.24, 2.45) is 0 Å². The smallest absolute Gasteiger partial charge is 0.0949 e. The molecule has 0 saturated heterocycles. The molecular weight excluding hydrogens is 264 g/mol. The van der Waals surface area contributed by atoms with Gasteiger partial charge < -0.3 is 5.32 Å². The molecule has 1 heterocycles. The number of aromatic nitrogens is 1. The van der Waals surface area contributed by atoms with Crippen LogP contribution in [0.1, 0.15) is 45.2 Å². The second-order valence-corrected chi connectivity index (χ2v) is 6.66. The maximum atomic E-state index is 4.70. The zero-order chi connectivity index (χ0) is 14.7. The van der Waals surface area contributed by atoms with Crippen LogP contribution in [0.3, 0.4) is 0 Å². The molecule has 20 heavy (non-hydrogen) atoms. The number of hydrogen-bond donors (Lipinski definition) is 1. The standard InChI is InChI=1S/C17H24N2S/c1-6-18-15(10-16-19-13(4)14(5)20-16)17-11(2)8-7-9-12(17)3/h7-9,15,18H,6,10H2,1-5H3. The SMILES string of the molecule is CCNC(Cc1nc(C)c(C)s1)c1c(C)cccc1C. The van der Waals surface area contributed by atoms with Crippen LogP contribution in [0.2, 0.25) is 0 Å². The molecule has 1 atom stereocenters. The lowest BCUT2D eigenvalue weighted by molar-refractivity contribution is 0.543. The summed E-state index contributed by atoms with van der Waals surface area (Å²) in [5.74, 6) is 0. The molecule has 108 valence electrons. The molecule has 1 aromatic heterocycles. The Balaban J connectivity index is 2.31. The van der Waals surface area contributed by atoms with E-state index in [1.54, 1.807) is 0 Å². The van der Waals surface area contributed by atoms with Crippen molar-refractivity contribution in [3.05, 3.63) is 50.5 Å². The quantitative estimate of drug-likeness (QED) is 0.888. The highest BCUT2D eigenvalue weighted by atomic mass is 32.1. The van der Waals surface area contributed by atoms with E-state index in [1.807, 2.05) is 11.3 Å². The van der Waals surface area contributed by atoms with Gasteiger partial charge in [-0.15, -0.1) is 11.3 Å². The monoisotopic (exact) mass is 288 g/mol. The van der Waals surface area contributed by atoms with Crippen LogP contribution < -0.4 is 5.32 Å². The second-order valence-electron chi connectivity index (χ2n) is 5.37. The van der Waals surface area contributed by atoms with Crippen molar-refractivity contribution in [2.75, 3.05) is 6.54 Å². The second kappa shape index (κ2) is 6.51. The number of rotatable bonds is 5. The van der Waals surface area contributed by atoms with Gasteiger partial charge in [-0.05, 0) is 50.9 Å². The molecule has 0 aliphatic heterocycles. The van der Waals surface area contributed by atoms with Crippen LogP contribution in [0.15, 0.2) is 18.2 Å². The van der Waals surface area contributed by atoms with Crippen molar-refractivity contribution >= 4 is 11.3 Å². The average Bonchev–Trinajstić information content (AvgIpc) is 2.68. The van der Waals surface area contributed by atoms with Gasteiger partial charge in [-0.25, -0.2) is 4.98 Å². The summed E-state index contributed by atoms with van der Waals surface area (Å²) in [6, 6.07) is 6.89. The van der Waals surface area contributed by atoms with Crippen LogP contribution in [-0.2, 0) is 6.42 Å². The van der Waals surface area contributed by atoms with E-state index in [-0.39, 0.29) is 0 Å². The van der Waals surface area contributed by atoms with Crippen LogP contribution in [0.25, 0.3) is 0 Å². The topological polar surface area (TPSA) is 24.9 Å². The molecule has 3 heteroatoms. The van der Waals surface area contributed by atoms with Crippen LogP contribution in [-0.4, -0.2) is 11.5 Å². The molecule has 2 aromatic rings. The van der Waals surface area contributed by atoms with Gasteiger partial charge >= 0.3 is 0 Å². The van der Waals surface area contributed by atoms with Gasteiger partial charge in [-0.1, -0.05) is 25.1 Å². The van der Waals surface area contributed by atoms with E-state index in [2.05, 4.69) is 58.1 Å². The zero-order valence-corrected chi connectivity index (χ0v) is 13.9. The zero-order valence-electron chi connectivity index (χ0n) is 13.1. The number of aryl methyl sites for hydroxylation is 4. The molecular formula is C17H24N2S. The molecule has 0 spiro atoms. The predicted molar refractivity (Wildman–Crippen MR) is 87.6 cm³/mol. The molecule has 0 amide bonds. The predicted octanol–water partition coefficient (Wildman–Crippen LogP) is 4.27. The van der Waals surface area contributed by atoms with E-state index in [0.29, 0.717) is 6.04 Å². The Labute approximate surface area is 126 Å². The first-order valence-corrected chi connectivity index (χ1v) is 8.07. The van der Waals surface area contributed by atoms with Gasteiger partial charge in [0.15, 0.2) is 0 Å². The summed E-state index contributed by atoms with van der Waals surface area (Å²) >= 11 is 1.82. The van der Waals surface area contributed by atoms with Crippen LogP contribution in [0.4, 0.5) is 0 Å². The molecule has 1 N–H and O–H groups in total. The summed E-state index contributed by atoms with van der Waals surface area (Å²) in [7, 11) is 0. The van der Waals surface area contributed by atoms with Crippen molar-refractivity contribution in [3.8, 4) is 0 Å². The van der Waals surface area contributed by atoms with Gasteiger partial charge in [0.05, 0.1) is 10.7 Å². The number of thiazole rings is 1. The molecule has 2 rings (SSSR count). The summed E-state index contributed by atoms with van der Waals surface area (Å²) in [6.07, 6.45) is 0.971. The largest absolute Gasteiger partial charge is 0.310 e. The third kappa shape index (κ3) is 3.28. The van der Waals surface area contributed by atoms with E-state index in [0.717, 1.165) is 13.0 Å². The molecule has 0 aliphatic rings. The Morgan fingerprint density at radius 1 is 1.15 bits per heavy atom. The third-order valence-electron chi connectivity index (χ3n) is 3.79. The highest BCUT2D eigenvalue weighted by Gasteiger charge is 2.17. The first-order valence-electron chi connectivity index (χ1n) is 7.25. The first kappa shape index (κ1) is 15.2. The third-order valence-corrected chi connectivity index (χ3v) is 4.89. The minimum absolute atomic E-state index is 0.353. The molecule has 0 aliphatic carbocycles. The van der Waals surface area contributed by atoms with Crippen molar-refractivity contribution in [1.29, 1.82) is 0 Å². The maximum Gasteiger partial charge on any atom is 0.0949 e. The Morgan fingerprint density at radius 3 is 2.30 bits per heavy atom. The van der Waals surface area contributed by atoms with E-state index in [9.17, 15) is 0 Å². The van der Waals surface area contributed by atoms with E-state index in [4.69, 9.17) is 4.98 Å². The highest BCUT2D eigenvalue weighted by molar-refractivity contribution is 7.11. The van der Waals surface area contributed by atoms with E-state index < -0.39 is 0 Å². The van der Waals surface area contributed by atoms with Gasteiger partial charge in [-0.3, -0.25) is 0 Å². The Hall–Kier alpha value is -1.19. The highest BCUT2D eigenvalue weighted by Crippen LogP contribution is 2.27. The summed E-state index contributed by atoms with van der Waals surface area (Å²) in [5.41, 5.74) is 5.32. The normalized spacial score (nSPS) is 12.7. The number of likely N-dealkylation sites (N-methyl/N-ethyl adjacent to an activating group) is 1. The Morgan fingerprint density at radius 2 is 1.80 bits per heavy atom. The first-order chi connectivity index (χ1) is 9.52. The van der Waals surface area contributed by atoms with Crippen LogP contribution in [0, 0.1) is 27.7 Å². The van der Waals surface area contributed by atoms with Gasteiger partial charge in [-0.2, -0.15) is 0 Å². The minimum atomic E-state index is 0.353. The minimum Gasteiger partial charge on any atom is -0.310 e. The number of nitrogens with one attached hydrogen (secondary N) is 1. The van der Waals surface area contributed by atoms with Crippen molar-refractivity contribution in [1.82, 2.24) is 10.3 Å². The van der Waals surface area contributed by atoms with Gasteiger partial charge in [0.2, 0.25) is 0 Å². The molecule has 2 nitrogen and oxygen atoms in total. The lowest BCUT2D eigenvalue weighted by atomic mass is 9.94. The number of nitrogens with zero attached hydrogens (tertiary/aromatic N) is 1. The Kier molecular flexibility index (Phi) is 4.95. The van der Waals surface area contributed by atoms with Crippen molar-refractivity contribution in [2.45, 2.75) is 47.1 Å². The fourth-order valence-corrected chi connectivity index (χ4v) is 3.68. The van der Waals surface area contributed by atoms with Gasteiger partial charge in [0.25, 0.3) is 0 Å². The number of benzene rings is 1. The summed E-state index contributed by atoms with van der Waals surface area (Å²) < 4.78 is 0. The van der Waals surface area contributed by atoms with Crippen molar-refractivity contribution < 1.29 is 0 Å². The fraction of sp³-hybridized carbons (Fsp3) is 0.471. The lowest BCUT2D eigenvalue weighted by Crippen LogP contribution is -2.24. The van der Waals surface area contributed by atoms with Crippen LogP contribution in [0.5, 0.6) is 0 Å². The molecule has 1 unspecified atom stereocenters. The Bertz CT molecular complexity index is 547.